The lowest BCUT2D eigenvalue weighted by Gasteiger charge is -2.24. The summed E-state index contributed by atoms with van der Waals surface area (Å²) in [5, 5.41) is 0.918. The highest BCUT2D eigenvalue weighted by Crippen LogP contribution is 2.20. The van der Waals surface area contributed by atoms with Gasteiger partial charge in [-0.05, 0) is 20.0 Å². The number of amides is 1. The quantitative estimate of drug-likeness (QED) is 0.853. The van der Waals surface area contributed by atoms with Gasteiger partial charge in [0.1, 0.15) is 0 Å². The Bertz CT molecular complexity index is 660. The number of hydrogen-bond acceptors (Lipinski definition) is 3. The monoisotopic (exact) mass is 287 g/mol. The molecule has 1 aromatic carbocycles. The lowest BCUT2D eigenvalue weighted by molar-refractivity contribution is -0.129. The average Bonchev–Trinajstić information content (AvgIpc) is 2.89. The van der Waals surface area contributed by atoms with Crippen molar-refractivity contribution in [3.8, 4) is 0 Å². The van der Waals surface area contributed by atoms with Crippen molar-refractivity contribution in [1.82, 2.24) is 14.8 Å². The van der Waals surface area contributed by atoms with Gasteiger partial charge in [-0.15, -0.1) is 0 Å². The summed E-state index contributed by atoms with van der Waals surface area (Å²) in [6, 6.07) is 7.36. The van der Waals surface area contributed by atoms with E-state index in [1.54, 1.807) is 32.2 Å². The molecule has 0 aliphatic carbocycles. The molecule has 0 bridgehead atoms. The van der Waals surface area contributed by atoms with Gasteiger partial charge in [-0.1, -0.05) is 18.2 Å². The summed E-state index contributed by atoms with van der Waals surface area (Å²) in [7, 11) is 5.21. The van der Waals surface area contributed by atoms with E-state index < -0.39 is 0 Å². The van der Waals surface area contributed by atoms with Crippen LogP contribution in [-0.2, 0) is 4.79 Å². The summed E-state index contributed by atoms with van der Waals surface area (Å²) in [5.74, 6) is -0.00224. The number of carbonyl (C=O) groups is 2. The van der Waals surface area contributed by atoms with Crippen molar-refractivity contribution in [2.45, 2.75) is 13.0 Å². The number of nitrogens with zero attached hydrogens (tertiary/aromatic N) is 2. The zero-order valence-corrected chi connectivity index (χ0v) is 12.9. The van der Waals surface area contributed by atoms with Crippen LogP contribution in [0.3, 0.4) is 0 Å². The van der Waals surface area contributed by atoms with E-state index in [4.69, 9.17) is 0 Å². The number of nitrogens with one attached hydrogen (secondary N) is 1. The standard InChI is InChI=1S/C16H21N3O2/c1-11(19(4)10-15(20)18(2)3)16(21)13-9-17-14-8-6-5-7-12(13)14/h5-9,11,17H,10H2,1-4H3/t11-/m1/s1. The largest absolute Gasteiger partial charge is 0.360 e. The molecule has 1 aromatic heterocycles. The number of carbonyl (C=O) groups excluding carboxylic acids is 2. The number of aromatic nitrogens is 1. The summed E-state index contributed by atoms with van der Waals surface area (Å²) in [5.41, 5.74) is 1.61. The minimum absolute atomic E-state index is 0.0153. The highest BCUT2D eigenvalue weighted by Gasteiger charge is 2.23. The maximum absolute atomic E-state index is 12.6. The van der Waals surface area contributed by atoms with Gasteiger partial charge in [0.2, 0.25) is 5.91 Å². The molecule has 2 aromatic rings. The third-order valence-electron chi connectivity index (χ3n) is 3.78. The van der Waals surface area contributed by atoms with E-state index in [0.717, 1.165) is 10.9 Å². The molecule has 1 amide bonds. The summed E-state index contributed by atoms with van der Waals surface area (Å²) < 4.78 is 0. The molecule has 0 radical (unpaired) electrons. The Morgan fingerprint density at radius 3 is 2.52 bits per heavy atom. The summed E-state index contributed by atoms with van der Waals surface area (Å²) >= 11 is 0. The smallest absolute Gasteiger partial charge is 0.236 e. The minimum atomic E-state index is -0.354. The zero-order chi connectivity index (χ0) is 15.6. The van der Waals surface area contributed by atoms with Gasteiger partial charge < -0.3 is 9.88 Å². The molecule has 0 aliphatic rings. The Morgan fingerprint density at radius 1 is 1.19 bits per heavy atom. The number of rotatable bonds is 5. The molecular weight excluding hydrogens is 266 g/mol. The maximum Gasteiger partial charge on any atom is 0.236 e. The Labute approximate surface area is 124 Å². The van der Waals surface area contributed by atoms with Crippen molar-refractivity contribution >= 4 is 22.6 Å². The van der Waals surface area contributed by atoms with E-state index in [0.29, 0.717) is 5.56 Å². The molecular formula is C16H21N3O2. The number of aromatic amines is 1. The van der Waals surface area contributed by atoms with Gasteiger partial charge in [-0.2, -0.15) is 0 Å². The minimum Gasteiger partial charge on any atom is -0.360 e. The lowest BCUT2D eigenvalue weighted by Crippen LogP contribution is -2.42. The molecule has 0 unspecified atom stereocenters. The van der Waals surface area contributed by atoms with Crippen LogP contribution >= 0.6 is 0 Å². The van der Waals surface area contributed by atoms with Gasteiger partial charge in [0.15, 0.2) is 5.78 Å². The molecule has 0 aliphatic heterocycles. The van der Waals surface area contributed by atoms with Crippen LogP contribution in [0.5, 0.6) is 0 Å². The van der Waals surface area contributed by atoms with E-state index in [2.05, 4.69) is 4.98 Å². The Kier molecular flexibility index (Phi) is 4.43. The van der Waals surface area contributed by atoms with E-state index in [1.807, 2.05) is 31.2 Å². The van der Waals surface area contributed by atoms with Gasteiger partial charge in [0.05, 0.1) is 12.6 Å². The van der Waals surface area contributed by atoms with Gasteiger partial charge in [-0.25, -0.2) is 0 Å². The first kappa shape index (κ1) is 15.3. The fourth-order valence-electron chi connectivity index (χ4n) is 2.19. The Morgan fingerprint density at radius 2 is 1.86 bits per heavy atom. The van der Waals surface area contributed by atoms with Gasteiger partial charge in [-0.3, -0.25) is 14.5 Å². The van der Waals surface area contributed by atoms with E-state index in [9.17, 15) is 9.59 Å². The van der Waals surface area contributed by atoms with Crippen molar-refractivity contribution in [3.05, 3.63) is 36.0 Å². The lowest BCUT2D eigenvalue weighted by atomic mass is 10.0. The van der Waals surface area contributed by atoms with Crippen molar-refractivity contribution in [2.75, 3.05) is 27.7 Å². The first-order valence-corrected chi connectivity index (χ1v) is 6.92. The van der Waals surface area contributed by atoms with Crippen molar-refractivity contribution in [3.63, 3.8) is 0 Å². The van der Waals surface area contributed by atoms with Crippen LogP contribution in [0.4, 0.5) is 0 Å². The molecule has 2 rings (SSSR count). The normalized spacial score (nSPS) is 12.6. The molecule has 0 fully saturated rings. The van der Waals surface area contributed by atoms with Crippen molar-refractivity contribution in [2.24, 2.45) is 0 Å². The van der Waals surface area contributed by atoms with Crippen LogP contribution in [-0.4, -0.2) is 60.2 Å². The third kappa shape index (κ3) is 3.13. The number of Topliss-reactive ketones (excluding diaryl/α,β-unsaturated/α-hetero) is 1. The van der Waals surface area contributed by atoms with Gasteiger partial charge in [0, 0.05) is 36.8 Å². The third-order valence-corrected chi connectivity index (χ3v) is 3.78. The number of H-pyrrole nitrogens is 1. The summed E-state index contributed by atoms with van der Waals surface area (Å²) in [6.07, 6.45) is 1.74. The molecule has 1 heterocycles. The van der Waals surface area contributed by atoms with Crippen LogP contribution < -0.4 is 0 Å². The predicted molar refractivity (Wildman–Crippen MR) is 83.4 cm³/mol. The summed E-state index contributed by atoms with van der Waals surface area (Å²) in [4.78, 5) is 30.8. The SMILES string of the molecule is C[C@H](C(=O)c1c[nH]c2ccccc12)N(C)CC(=O)N(C)C. The number of benzene rings is 1. The van der Waals surface area contributed by atoms with E-state index in [-0.39, 0.29) is 24.3 Å². The average molecular weight is 287 g/mol. The number of para-hydroxylation sites is 1. The first-order chi connectivity index (χ1) is 9.91. The molecule has 0 spiro atoms. The Hall–Kier alpha value is -2.14. The predicted octanol–water partition coefficient (Wildman–Crippen LogP) is 1.76. The second kappa shape index (κ2) is 6.10. The molecule has 5 heteroatoms. The second-order valence-corrected chi connectivity index (χ2v) is 5.49. The molecule has 1 atom stereocenters. The van der Waals surface area contributed by atoms with E-state index in [1.165, 1.54) is 4.90 Å². The van der Waals surface area contributed by atoms with E-state index >= 15 is 0 Å². The highest BCUT2D eigenvalue weighted by molar-refractivity contribution is 6.10. The van der Waals surface area contributed by atoms with Crippen LogP contribution in [0.25, 0.3) is 10.9 Å². The molecule has 5 nitrogen and oxygen atoms in total. The van der Waals surface area contributed by atoms with Crippen molar-refractivity contribution < 1.29 is 9.59 Å². The van der Waals surface area contributed by atoms with Crippen LogP contribution in [0.15, 0.2) is 30.5 Å². The van der Waals surface area contributed by atoms with Gasteiger partial charge in [0.25, 0.3) is 0 Å². The fourth-order valence-corrected chi connectivity index (χ4v) is 2.19. The van der Waals surface area contributed by atoms with Crippen LogP contribution in [0, 0.1) is 0 Å². The van der Waals surface area contributed by atoms with Crippen molar-refractivity contribution in [1.29, 1.82) is 0 Å². The molecule has 112 valence electrons. The Balaban J connectivity index is 2.17. The second-order valence-electron chi connectivity index (χ2n) is 5.49. The highest BCUT2D eigenvalue weighted by atomic mass is 16.2. The zero-order valence-electron chi connectivity index (χ0n) is 12.9. The molecule has 21 heavy (non-hydrogen) atoms. The number of hydrogen-bond donors (Lipinski definition) is 1. The number of likely N-dealkylation sites (N-methyl/N-ethyl adjacent to an activating group) is 2. The summed E-state index contributed by atoms with van der Waals surface area (Å²) in [6.45, 7) is 2.05. The van der Waals surface area contributed by atoms with Crippen LogP contribution in [0.1, 0.15) is 17.3 Å². The topological polar surface area (TPSA) is 56.4 Å². The fraction of sp³-hybridized carbons (Fsp3) is 0.375. The first-order valence-electron chi connectivity index (χ1n) is 6.92. The van der Waals surface area contributed by atoms with Crippen LogP contribution in [0.2, 0.25) is 0 Å². The number of ketones is 1. The molecule has 0 saturated heterocycles. The van der Waals surface area contributed by atoms with Gasteiger partial charge >= 0.3 is 0 Å². The number of fused-ring (bicyclic) bond motifs is 1. The maximum atomic E-state index is 12.6. The molecule has 0 saturated carbocycles. The molecule has 1 N–H and O–H groups in total.